The Morgan fingerprint density at radius 2 is 1.57 bits per heavy atom. The summed E-state index contributed by atoms with van der Waals surface area (Å²) in [5, 5.41) is 3.26. The molecule has 35 heavy (non-hydrogen) atoms. The fourth-order valence-electron chi connectivity index (χ4n) is 4.04. The molecule has 3 aromatic rings. The van der Waals surface area contributed by atoms with Gasteiger partial charge in [0.15, 0.2) is 11.5 Å². The van der Waals surface area contributed by atoms with Crippen LogP contribution in [0.15, 0.2) is 36.5 Å². The van der Waals surface area contributed by atoms with Crippen LogP contribution >= 0.6 is 0 Å². The molecule has 184 valence electrons. The third kappa shape index (κ3) is 5.37. The summed E-state index contributed by atoms with van der Waals surface area (Å²) in [5.74, 6) is 4.16. The smallest absolute Gasteiger partial charge is 0.254 e. The number of rotatable bonds is 7. The summed E-state index contributed by atoms with van der Waals surface area (Å²) in [6.45, 7) is 6.29. The number of benzene rings is 1. The van der Waals surface area contributed by atoms with Gasteiger partial charge in [-0.25, -0.2) is 15.0 Å². The highest BCUT2D eigenvalue weighted by Gasteiger charge is 2.25. The van der Waals surface area contributed by atoms with Gasteiger partial charge < -0.3 is 29.3 Å². The molecule has 4 rings (SSSR count). The minimum absolute atomic E-state index is 0.0874. The van der Waals surface area contributed by atoms with Gasteiger partial charge in [-0.3, -0.25) is 4.79 Å². The van der Waals surface area contributed by atoms with Gasteiger partial charge in [0.2, 0.25) is 5.75 Å². The van der Waals surface area contributed by atoms with Crippen LogP contribution in [0.5, 0.6) is 17.2 Å². The lowest BCUT2D eigenvalue weighted by Crippen LogP contribution is -2.49. The van der Waals surface area contributed by atoms with Crippen molar-refractivity contribution in [3.8, 4) is 17.2 Å². The highest BCUT2D eigenvalue weighted by atomic mass is 16.5. The van der Waals surface area contributed by atoms with Crippen LogP contribution in [0.25, 0.3) is 0 Å². The molecule has 1 aliphatic heterocycles. The summed E-state index contributed by atoms with van der Waals surface area (Å²) in [7, 11) is 4.60. The van der Waals surface area contributed by atoms with E-state index in [1.807, 2.05) is 36.9 Å². The predicted octanol–water partition coefficient (Wildman–Crippen LogP) is 3.22. The Kier molecular flexibility index (Phi) is 7.19. The van der Waals surface area contributed by atoms with Crippen molar-refractivity contribution in [3.63, 3.8) is 0 Å². The van der Waals surface area contributed by atoms with Crippen LogP contribution in [0.3, 0.4) is 0 Å². The maximum Gasteiger partial charge on any atom is 0.254 e. The van der Waals surface area contributed by atoms with Crippen LogP contribution in [0.2, 0.25) is 0 Å². The van der Waals surface area contributed by atoms with Gasteiger partial charge in [-0.15, -0.1) is 0 Å². The minimum atomic E-state index is -0.0874. The van der Waals surface area contributed by atoms with Gasteiger partial charge in [-0.05, 0) is 43.7 Å². The van der Waals surface area contributed by atoms with Gasteiger partial charge in [-0.1, -0.05) is 0 Å². The minimum Gasteiger partial charge on any atom is -0.493 e. The van der Waals surface area contributed by atoms with Crippen LogP contribution < -0.4 is 24.4 Å². The summed E-state index contributed by atoms with van der Waals surface area (Å²) in [6.07, 6.45) is 1.76. The van der Waals surface area contributed by atoms with Crippen molar-refractivity contribution in [1.82, 2.24) is 19.9 Å². The molecule has 2 aromatic heterocycles. The summed E-state index contributed by atoms with van der Waals surface area (Å²) in [4.78, 5) is 30.7. The average Bonchev–Trinajstić information content (AvgIpc) is 2.87. The number of methoxy groups -OCH3 is 3. The Hall–Kier alpha value is -4.08. The summed E-state index contributed by atoms with van der Waals surface area (Å²) in [6, 6.07) is 9.18. The normalized spacial score (nSPS) is 13.4. The number of anilines is 3. The molecule has 1 N–H and O–H groups in total. The second-order valence-electron chi connectivity index (χ2n) is 8.20. The first-order valence-corrected chi connectivity index (χ1v) is 11.3. The van der Waals surface area contributed by atoms with Crippen LogP contribution in [-0.2, 0) is 0 Å². The van der Waals surface area contributed by atoms with Gasteiger partial charge in [-0.2, -0.15) is 0 Å². The summed E-state index contributed by atoms with van der Waals surface area (Å²) < 4.78 is 16.2. The maximum absolute atomic E-state index is 13.2. The number of piperazine rings is 1. The van der Waals surface area contributed by atoms with Crippen molar-refractivity contribution in [2.24, 2.45) is 0 Å². The number of carbonyl (C=O) groups excluding carboxylic acids is 1. The van der Waals surface area contributed by atoms with Crippen molar-refractivity contribution < 1.29 is 19.0 Å². The molecule has 1 fully saturated rings. The first-order valence-electron chi connectivity index (χ1n) is 11.3. The van der Waals surface area contributed by atoms with E-state index in [1.165, 1.54) is 21.3 Å². The van der Waals surface area contributed by atoms with Crippen LogP contribution in [-0.4, -0.2) is 73.3 Å². The highest BCUT2D eigenvalue weighted by molar-refractivity contribution is 5.95. The van der Waals surface area contributed by atoms with Crippen molar-refractivity contribution in [1.29, 1.82) is 0 Å². The van der Waals surface area contributed by atoms with E-state index >= 15 is 0 Å². The molecule has 10 nitrogen and oxygen atoms in total. The van der Waals surface area contributed by atoms with Crippen molar-refractivity contribution in [2.45, 2.75) is 13.8 Å². The number of hydrogen-bond donors (Lipinski definition) is 1. The van der Waals surface area contributed by atoms with E-state index < -0.39 is 0 Å². The highest BCUT2D eigenvalue weighted by Crippen LogP contribution is 2.38. The molecule has 1 saturated heterocycles. The zero-order valence-corrected chi connectivity index (χ0v) is 20.7. The number of pyridine rings is 1. The molecule has 3 heterocycles. The standard InChI is InChI=1S/C25H30N6O4/c1-16-6-7-26-21(12-16)29-22-15-23(28-17(2)27-22)30-8-10-31(11-9-30)25(32)18-13-19(33-3)24(35-5)20(14-18)34-4/h6-7,12-15H,8-11H2,1-5H3,(H,26,27,28,29). The molecular formula is C25H30N6O4. The molecule has 0 saturated carbocycles. The Bertz CT molecular complexity index is 1190. The molecule has 0 bridgehead atoms. The lowest BCUT2D eigenvalue weighted by molar-refractivity contribution is 0.0745. The number of carbonyl (C=O) groups is 1. The molecule has 0 unspecified atom stereocenters. The zero-order valence-electron chi connectivity index (χ0n) is 20.7. The number of ether oxygens (including phenoxy) is 3. The lowest BCUT2D eigenvalue weighted by Gasteiger charge is -2.35. The molecule has 0 radical (unpaired) electrons. The van der Waals surface area contributed by atoms with Gasteiger partial charge >= 0.3 is 0 Å². The number of aryl methyl sites for hydroxylation is 2. The van der Waals surface area contributed by atoms with E-state index in [0.717, 1.165) is 17.2 Å². The number of amides is 1. The quantitative estimate of drug-likeness (QED) is 0.548. The van der Waals surface area contributed by atoms with E-state index in [2.05, 4.69) is 25.2 Å². The maximum atomic E-state index is 13.2. The van der Waals surface area contributed by atoms with Crippen LogP contribution in [0.4, 0.5) is 17.5 Å². The van der Waals surface area contributed by atoms with Crippen molar-refractivity contribution >= 4 is 23.4 Å². The van der Waals surface area contributed by atoms with Gasteiger partial charge in [0, 0.05) is 44.0 Å². The van der Waals surface area contributed by atoms with Crippen LogP contribution in [0.1, 0.15) is 21.7 Å². The molecular weight excluding hydrogens is 448 g/mol. The summed E-state index contributed by atoms with van der Waals surface area (Å²) in [5.41, 5.74) is 1.60. The molecule has 0 spiro atoms. The molecule has 0 atom stereocenters. The Morgan fingerprint density at radius 1 is 0.886 bits per heavy atom. The van der Waals surface area contributed by atoms with E-state index in [1.54, 1.807) is 18.3 Å². The second-order valence-corrected chi connectivity index (χ2v) is 8.20. The van der Waals surface area contributed by atoms with Crippen molar-refractivity contribution in [2.75, 3.05) is 57.7 Å². The predicted molar refractivity (Wildman–Crippen MR) is 133 cm³/mol. The molecule has 10 heteroatoms. The zero-order chi connectivity index (χ0) is 24.9. The van der Waals surface area contributed by atoms with E-state index in [0.29, 0.717) is 60.6 Å². The second kappa shape index (κ2) is 10.5. The monoisotopic (exact) mass is 478 g/mol. The number of nitrogens with one attached hydrogen (secondary N) is 1. The van der Waals surface area contributed by atoms with Gasteiger partial charge in [0.25, 0.3) is 5.91 Å². The van der Waals surface area contributed by atoms with E-state index in [9.17, 15) is 4.79 Å². The van der Waals surface area contributed by atoms with Gasteiger partial charge in [0.05, 0.1) is 21.3 Å². The fraction of sp³-hybridized carbons (Fsp3) is 0.360. The topological polar surface area (TPSA) is 102 Å². The third-order valence-corrected chi connectivity index (χ3v) is 5.80. The Balaban J connectivity index is 1.46. The first-order chi connectivity index (χ1) is 16.9. The third-order valence-electron chi connectivity index (χ3n) is 5.80. The van der Waals surface area contributed by atoms with Crippen LogP contribution in [0, 0.1) is 13.8 Å². The largest absolute Gasteiger partial charge is 0.493 e. The lowest BCUT2D eigenvalue weighted by atomic mass is 10.1. The fourth-order valence-corrected chi connectivity index (χ4v) is 4.04. The summed E-state index contributed by atoms with van der Waals surface area (Å²) >= 11 is 0. The Morgan fingerprint density at radius 3 is 2.17 bits per heavy atom. The van der Waals surface area contributed by atoms with E-state index in [4.69, 9.17) is 14.2 Å². The molecule has 1 aliphatic rings. The van der Waals surface area contributed by atoms with Crippen molar-refractivity contribution in [3.05, 3.63) is 53.5 Å². The molecule has 1 amide bonds. The first kappa shape index (κ1) is 24.1. The number of nitrogens with zero attached hydrogens (tertiary/aromatic N) is 5. The Labute approximate surface area is 204 Å². The SMILES string of the molecule is COc1cc(C(=O)N2CCN(c3cc(Nc4cc(C)ccn4)nc(C)n3)CC2)cc(OC)c1OC. The molecule has 1 aromatic carbocycles. The molecule has 0 aliphatic carbocycles. The van der Waals surface area contributed by atoms with E-state index in [-0.39, 0.29) is 5.91 Å². The van der Waals surface area contributed by atoms with Gasteiger partial charge in [0.1, 0.15) is 23.3 Å². The average molecular weight is 479 g/mol. The number of hydrogen-bond acceptors (Lipinski definition) is 9. The number of aromatic nitrogens is 3.